The summed E-state index contributed by atoms with van der Waals surface area (Å²) in [4.78, 5) is 37.6. The van der Waals surface area contributed by atoms with Gasteiger partial charge in [0, 0.05) is 25.1 Å². The number of nitrogens with one attached hydrogen (secondary N) is 1. The highest BCUT2D eigenvalue weighted by atomic mass is 32.2. The largest absolute Gasteiger partial charge is 0.444 e. The van der Waals surface area contributed by atoms with Gasteiger partial charge in [0.25, 0.3) is 0 Å². The number of alkyl carbamates (subject to hydrolysis) is 1. The molecule has 1 saturated carbocycles. The Morgan fingerprint density at radius 2 is 1.92 bits per heavy atom. The van der Waals surface area contributed by atoms with Gasteiger partial charge in [-0.2, -0.15) is 0 Å². The molecule has 1 saturated heterocycles. The molecule has 2 fully saturated rings. The van der Waals surface area contributed by atoms with Crippen molar-refractivity contribution in [1.82, 2.24) is 10.2 Å². The van der Waals surface area contributed by atoms with Crippen LogP contribution in [-0.4, -0.2) is 51.5 Å². The first-order chi connectivity index (χ1) is 11.2. The van der Waals surface area contributed by atoms with E-state index in [-0.39, 0.29) is 28.4 Å². The van der Waals surface area contributed by atoms with Crippen LogP contribution in [0.1, 0.15) is 59.8 Å². The SMILES string of the molecule is CC(=O)SC1CC(=O)N(C2CCCCC2NC(=O)OC(C)(C)C)C1. The molecule has 2 rings (SSSR count). The third kappa shape index (κ3) is 5.40. The van der Waals surface area contributed by atoms with E-state index >= 15 is 0 Å². The molecule has 0 aromatic carbocycles. The Morgan fingerprint density at radius 3 is 2.54 bits per heavy atom. The van der Waals surface area contributed by atoms with Crippen molar-refractivity contribution >= 4 is 28.9 Å². The molecule has 0 bridgehead atoms. The third-order valence-corrected chi connectivity index (χ3v) is 5.27. The molecule has 1 heterocycles. The second kappa shape index (κ2) is 7.76. The van der Waals surface area contributed by atoms with Crippen LogP contribution < -0.4 is 5.32 Å². The molecule has 1 aliphatic heterocycles. The number of hydrogen-bond donors (Lipinski definition) is 1. The monoisotopic (exact) mass is 356 g/mol. The van der Waals surface area contributed by atoms with Gasteiger partial charge >= 0.3 is 6.09 Å². The van der Waals surface area contributed by atoms with Crippen LogP contribution >= 0.6 is 11.8 Å². The van der Waals surface area contributed by atoms with Crippen molar-refractivity contribution in [3.8, 4) is 0 Å². The van der Waals surface area contributed by atoms with Gasteiger partial charge in [-0.15, -0.1) is 0 Å². The number of carbonyl (C=O) groups excluding carboxylic acids is 3. The Hall–Kier alpha value is -1.24. The van der Waals surface area contributed by atoms with Crippen molar-refractivity contribution < 1.29 is 19.1 Å². The molecular weight excluding hydrogens is 328 g/mol. The van der Waals surface area contributed by atoms with Crippen molar-refractivity contribution in [2.75, 3.05) is 6.54 Å². The van der Waals surface area contributed by atoms with E-state index in [9.17, 15) is 14.4 Å². The third-order valence-electron chi connectivity index (χ3n) is 4.29. The van der Waals surface area contributed by atoms with Crippen LogP contribution in [0.4, 0.5) is 4.79 Å². The predicted molar refractivity (Wildman–Crippen MR) is 93.8 cm³/mol. The lowest BCUT2D eigenvalue weighted by Crippen LogP contribution is -2.54. The molecule has 3 unspecified atom stereocenters. The molecule has 1 N–H and O–H groups in total. The summed E-state index contributed by atoms with van der Waals surface area (Å²) in [6.45, 7) is 7.61. The molecule has 3 atom stereocenters. The fourth-order valence-corrected chi connectivity index (χ4v) is 4.37. The lowest BCUT2D eigenvalue weighted by atomic mass is 9.89. The van der Waals surface area contributed by atoms with Gasteiger partial charge in [-0.3, -0.25) is 9.59 Å². The number of hydrogen-bond acceptors (Lipinski definition) is 5. The zero-order valence-corrected chi connectivity index (χ0v) is 15.8. The number of rotatable bonds is 3. The van der Waals surface area contributed by atoms with Gasteiger partial charge in [0.15, 0.2) is 5.12 Å². The predicted octanol–water partition coefficient (Wildman–Crippen LogP) is 2.70. The summed E-state index contributed by atoms with van der Waals surface area (Å²) in [5.41, 5.74) is -0.541. The zero-order valence-electron chi connectivity index (χ0n) is 15.0. The smallest absolute Gasteiger partial charge is 0.407 e. The van der Waals surface area contributed by atoms with E-state index in [0.717, 1.165) is 25.7 Å². The second-order valence-corrected chi connectivity index (χ2v) is 9.06. The van der Waals surface area contributed by atoms with E-state index in [1.54, 1.807) is 0 Å². The Kier molecular flexibility index (Phi) is 6.17. The number of ether oxygens (including phenoxy) is 1. The molecule has 0 spiro atoms. The maximum atomic E-state index is 12.4. The summed E-state index contributed by atoms with van der Waals surface area (Å²) in [6.07, 6.45) is 3.78. The summed E-state index contributed by atoms with van der Waals surface area (Å²) < 4.78 is 5.35. The molecule has 0 aromatic rings. The van der Waals surface area contributed by atoms with Crippen molar-refractivity contribution in [3.63, 3.8) is 0 Å². The molecule has 24 heavy (non-hydrogen) atoms. The van der Waals surface area contributed by atoms with Crippen molar-refractivity contribution in [1.29, 1.82) is 0 Å². The molecule has 1 aliphatic carbocycles. The van der Waals surface area contributed by atoms with Gasteiger partial charge in [-0.1, -0.05) is 24.6 Å². The Labute approximate surface area is 148 Å². The van der Waals surface area contributed by atoms with Crippen LogP contribution in [0, 0.1) is 0 Å². The van der Waals surface area contributed by atoms with Gasteiger partial charge in [0.1, 0.15) is 5.60 Å². The summed E-state index contributed by atoms with van der Waals surface area (Å²) in [5.74, 6) is 0.0802. The molecule has 2 amide bonds. The molecule has 0 radical (unpaired) electrons. The van der Waals surface area contributed by atoms with Crippen molar-refractivity contribution in [2.24, 2.45) is 0 Å². The van der Waals surface area contributed by atoms with Crippen LogP contribution in [0.25, 0.3) is 0 Å². The van der Waals surface area contributed by atoms with Crippen LogP contribution in [0.3, 0.4) is 0 Å². The van der Waals surface area contributed by atoms with Gasteiger partial charge in [-0.05, 0) is 33.6 Å². The lowest BCUT2D eigenvalue weighted by Gasteiger charge is -2.38. The average Bonchev–Trinajstić information content (AvgIpc) is 2.76. The Balaban J connectivity index is 2.00. The van der Waals surface area contributed by atoms with E-state index in [2.05, 4.69) is 5.32 Å². The highest BCUT2D eigenvalue weighted by Gasteiger charge is 2.40. The average molecular weight is 356 g/mol. The summed E-state index contributed by atoms with van der Waals surface area (Å²) >= 11 is 1.24. The normalized spacial score (nSPS) is 27.9. The van der Waals surface area contributed by atoms with Crippen LogP contribution in [-0.2, 0) is 14.3 Å². The minimum absolute atomic E-state index is 0.00340. The first-order valence-electron chi connectivity index (χ1n) is 8.62. The number of thioether (sulfide) groups is 1. The quantitative estimate of drug-likeness (QED) is 0.841. The summed E-state index contributed by atoms with van der Waals surface area (Å²) in [6, 6.07) is -0.0880. The highest BCUT2D eigenvalue weighted by Crippen LogP contribution is 2.31. The van der Waals surface area contributed by atoms with E-state index in [0.29, 0.717) is 13.0 Å². The maximum Gasteiger partial charge on any atom is 0.407 e. The van der Waals surface area contributed by atoms with Gasteiger partial charge in [-0.25, -0.2) is 4.79 Å². The Morgan fingerprint density at radius 1 is 1.25 bits per heavy atom. The molecule has 136 valence electrons. The van der Waals surface area contributed by atoms with Gasteiger partial charge < -0.3 is 15.0 Å². The molecular formula is C17H28N2O4S. The Bertz CT molecular complexity index is 503. The van der Waals surface area contributed by atoms with Gasteiger partial charge in [0.05, 0.1) is 12.1 Å². The highest BCUT2D eigenvalue weighted by molar-refractivity contribution is 8.14. The minimum Gasteiger partial charge on any atom is -0.444 e. The minimum atomic E-state index is -0.541. The first kappa shape index (κ1) is 19.1. The first-order valence-corrected chi connectivity index (χ1v) is 9.50. The van der Waals surface area contributed by atoms with Crippen LogP contribution in [0.5, 0.6) is 0 Å². The van der Waals surface area contributed by atoms with Crippen LogP contribution in [0.2, 0.25) is 0 Å². The zero-order chi connectivity index (χ0) is 17.9. The fourth-order valence-electron chi connectivity index (χ4n) is 3.44. The maximum absolute atomic E-state index is 12.4. The van der Waals surface area contributed by atoms with Crippen molar-refractivity contribution in [2.45, 2.75) is 82.7 Å². The van der Waals surface area contributed by atoms with E-state index in [1.807, 2.05) is 25.7 Å². The standard InChI is InChI=1S/C17H28N2O4S/c1-11(20)24-12-9-15(21)19(10-12)14-8-6-5-7-13(14)18-16(22)23-17(2,3)4/h12-14H,5-10H2,1-4H3,(H,18,22). The number of likely N-dealkylation sites (tertiary alicyclic amines) is 1. The summed E-state index contributed by atoms with van der Waals surface area (Å²) in [5, 5.41) is 3.02. The number of nitrogens with zero attached hydrogens (tertiary/aromatic N) is 1. The molecule has 7 heteroatoms. The molecule has 2 aliphatic rings. The number of amides is 2. The fraction of sp³-hybridized carbons (Fsp3) is 0.824. The topological polar surface area (TPSA) is 75.7 Å². The summed E-state index contributed by atoms with van der Waals surface area (Å²) in [7, 11) is 0. The van der Waals surface area contributed by atoms with E-state index < -0.39 is 11.7 Å². The van der Waals surface area contributed by atoms with E-state index in [1.165, 1.54) is 18.7 Å². The second-order valence-electron chi connectivity index (χ2n) is 7.59. The van der Waals surface area contributed by atoms with E-state index in [4.69, 9.17) is 4.74 Å². The van der Waals surface area contributed by atoms with Gasteiger partial charge in [0.2, 0.25) is 5.91 Å². The van der Waals surface area contributed by atoms with Crippen molar-refractivity contribution in [3.05, 3.63) is 0 Å². The lowest BCUT2D eigenvalue weighted by molar-refractivity contribution is -0.130. The molecule has 0 aromatic heterocycles. The number of carbonyl (C=O) groups is 3. The van der Waals surface area contributed by atoms with Crippen LogP contribution in [0.15, 0.2) is 0 Å². The molecule has 6 nitrogen and oxygen atoms in total.